The number of pyridine rings is 1. The Bertz CT molecular complexity index is 698. The number of alkyl halides is 3. The molecule has 0 amide bonds. The highest BCUT2D eigenvalue weighted by atomic mass is 19.4. The fourth-order valence-corrected chi connectivity index (χ4v) is 2.69. The fraction of sp³-hybridized carbons (Fsp3) is 0.421. The summed E-state index contributed by atoms with van der Waals surface area (Å²) < 4.78 is 51.1. The molecule has 1 atom stereocenters. The number of rotatable bonds is 7. The van der Waals surface area contributed by atoms with E-state index < -0.39 is 11.9 Å². The second-order valence-electron chi connectivity index (χ2n) is 6.29. The van der Waals surface area contributed by atoms with E-state index in [0.717, 1.165) is 24.5 Å². The Kier molecular flexibility index (Phi) is 6.53. The Morgan fingerprint density at radius 1 is 1.12 bits per heavy atom. The molecule has 1 heterocycles. The summed E-state index contributed by atoms with van der Waals surface area (Å²) in [4.78, 5) is 3.36. The minimum Gasteiger partial charge on any atom is -0.314 e. The van der Waals surface area contributed by atoms with E-state index in [9.17, 15) is 17.6 Å². The van der Waals surface area contributed by atoms with Gasteiger partial charge < -0.3 is 5.32 Å². The molecular weight excluding hydrogens is 332 g/mol. The second kappa shape index (κ2) is 8.43. The van der Waals surface area contributed by atoms with Crippen LogP contribution in [0.4, 0.5) is 17.6 Å². The van der Waals surface area contributed by atoms with Gasteiger partial charge in [0.25, 0.3) is 0 Å². The minimum atomic E-state index is -4.41. The molecule has 0 spiro atoms. The van der Waals surface area contributed by atoms with Crippen LogP contribution >= 0.6 is 0 Å². The predicted molar refractivity (Wildman–Crippen MR) is 89.9 cm³/mol. The highest BCUT2D eigenvalue weighted by Gasteiger charge is 2.32. The van der Waals surface area contributed by atoms with E-state index >= 15 is 0 Å². The lowest BCUT2D eigenvalue weighted by Gasteiger charge is -2.14. The van der Waals surface area contributed by atoms with Crippen LogP contribution in [0.5, 0.6) is 0 Å². The molecule has 0 radical (unpaired) electrons. The van der Waals surface area contributed by atoms with E-state index in [2.05, 4.69) is 10.3 Å². The number of hydrogen-bond donors (Lipinski definition) is 1. The van der Waals surface area contributed by atoms with Gasteiger partial charge in [-0.05, 0) is 74.5 Å². The maximum absolute atomic E-state index is 13.3. The molecule has 0 fully saturated rings. The van der Waals surface area contributed by atoms with E-state index in [4.69, 9.17) is 0 Å². The molecule has 0 saturated carbocycles. The lowest BCUT2D eigenvalue weighted by Crippen LogP contribution is -2.29. The molecule has 6 heteroatoms. The van der Waals surface area contributed by atoms with Gasteiger partial charge in [0.2, 0.25) is 0 Å². The molecule has 0 aliphatic rings. The maximum atomic E-state index is 13.3. The fourth-order valence-electron chi connectivity index (χ4n) is 2.69. The number of nitrogens with one attached hydrogen (secondary N) is 1. The molecule has 1 aromatic heterocycles. The molecule has 2 rings (SSSR count). The quantitative estimate of drug-likeness (QED) is 0.576. The lowest BCUT2D eigenvalue weighted by atomic mass is 10.0. The molecule has 0 bridgehead atoms. The minimum absolute atomic E-state index is 0.202. The Labute approximate surface area is 145 Å². The van der Waals surface area contributed by atoms with Crippen LogP contribution in [0.15, 0.2) is 36.5 Å². The number of nitrogens with zero attached hydrogens (tertiary/aromatic N) is 1. The largest absolute Gasteiger partial charge is 0.433 e. The highest BCUT2D eigenvalue weighted by Crippen LogP contribution is 2.27. The summed E-state index contributed by atoms with van der Waals surface area (Å²) >= 11 is 0. The van der Waals surface area contributed by atoms with Crippen molar-refractivity contribution < 1.29 is 17.6 Å². The maximum Gasteiger partial charge on any atom is 0.433 e. The smallest absolute Gasteiger partial charge is 0.314 e. The Hall–Kier alpha value is -1.95. The SMILES string of the molecule is Cc1cc(CC(C)NCCCc2ccnc(C(F)(F)F)c2)ccc1F. The van der Waals surface area contributed by atoms with Gasteiger partial charge >= 0.3 is 6.18 Å². The van der Waals surface area contributed by atoms with Gasteiger partial charge in [0.05, 0.1) is 0 Å². The van der Waals surface area contributed by atoms with Crippen molar-refractivity contribution in [2.45, 2.75) is 45.3 Å². The van der Waals surface area contributed by atoms with Gasteiger partial charge in [0.1, 0.15) is 11.5 Å². The third-order valence-corrected chi connectivity index (χ3v) is 4.01. The van der Waals surface area contributed by atoms with E-state index in [0.29, 0.717) is 24.1 Å². The van der Waals surface area contributed by atoms with Gasteiger partial charge in [-0.15, -0.1) is 0 Å². The zero-order chi connectivity index (χ0) is 18.4. The van der Waals surface area contributed by atoms with Crippen LogP contribution in [0.25, 0.3) is 0 Å². The van der Waals surface area contributed by atoms with Gasteiger partial charge in [-0.2, -0.15) is 13.2 Å². The van der Waals surface area contributed by atoms with Crippen molar-refractivity contribution in [3.63, 3.8) is 0 Å². The molecule has 2 aromatic rings. The van der Waals surface area contributed by atoms with Crippen LogP contribution in [0, 0.1) is 12.7 Å². The van der Waals surface area contributed by atoms with Crippen molar-refractivity contribution in [2.75, 3.05) is 6.54 Å². The van der Waals surface area contributed by atoms with E-state index in [1.165, 1.54) is 12.3 Å². The van der Waals surface area contributed by atoms with Gasteiger partial charge in [-0.3, -0.25) is 4.98 Å². The van der Waals surface area contributed by atoms with E-state index in [1.807, 2.05) is 13.0 Å². The van der Waals surface area contributed by atoms with Crippen molar-refractivity contribution >= 4 is 0 Å². The molecule has 1 N–H and O–H groups in total. The highest BCUT2D eigenvalue weighted by molar-refractivity contribution is 5.24. The summed E-state index contributed by atoms with van der Waals surface area (Å²) in [5.41, 5.74) is 1.47. The van der Waals surface area contributed by atoms with Gasteiger partial charge in [0.15, 0.2) is 0 Å². The van der Waals surface area contributed by atoms with Gasteiger partial charge in [-0.1, -0.05) is 12.1 Å². The molecule has 136 valence electrons. The zero-order valence-corrected chi connectivity index (χ0v) is 14.3. The lowest BCUT2D eigenvalue weighted by molar-refractivity contribution is -0.141. The number of halogens is 4. The summed E-state index contributed by atoms with van der Waals surface area (Å²) in [7, 11) is 0. The normalized spacial score (nSPS) is 13.0. The Balaban J connectivity index is 1.76. The first-order chi connectivity index (χ1) is 11.8. The third kappa shape index (κ3) is 6.12. The second-order valence-corrected chi connectivity index (χ2v) is 6.29. The van der Waals surface area contributed by atoms with Gasteiger partial charge in [-0.25, -0.2) is 4.39 Å². The summed E-state index contributed by atoms with van der Waals surface area (Å²) in [6, 6.07) is 8.00. The molecule has 1 aromatic carbocycles. The first-order valence-corrected chi connectivity index (χ1v) is 8.26. The molecule has 2 nitrogen and oxygen atoms in total. The summed E-state index contributed by atoms with van der Waals surface area (Å²) in [5.74, 6) is -0.208. The molecule has 0 saturated heterocycles. The third-order valence-electron chi connectivity index (χ3n) is 4.01. The van der Waals surface area contributed by atoms with Crippen molar-refractivity contribution in [2.24, 2.45) is 0 Å². The summed E-state index contributed by atoms with van der Waals surface area (Å²) in [5, 5.41) is 3.35. The van der Waals surface area contributed by atoms with Crippen molar-refractivity contribution in [3.05, 3.63) is 64.7 Å². The van der Waals surface area contributed by atoms with Crippen molar-refractivity contribution in [3.8, 4) is 0 Å². The molecule has 0 aliphatic carbocycles. The van der Waals surface area contributed by atoms with Crippen LogP contribution in [-0.2, 0) is 19.0 Å². The average molecular weight is 354 g/mol. The van der Waals surface area contributed by atoms with E-state index in [-0.39, 0.29) is 11.9 Å². The average Bonchev–Trinajstić information content (AvgIpc) is 2.55. The Morgan fingerprint density at radius 2 is 1.88 bits per heavy atom. The van der Waals surface area contributed by atoms with Crippen molar-refractivity contribution in [1.29, 1.82) is 0 Å². The summed E-state index contributed by atoms with van der Waals surface area (Å²) in [6.45, 7) is 4.47. The van der Waals surface area contributed by atoms with Crippen LogP contribution in [0.3, 0.4) is 0 Å². The first-order valence-electron chi connectivity index (χ1n) is 8.26. The topological polar surface area (TPSA) is 24.9 Å². The standard InChI is InChI=1S/C19H22F4N2/c1-13-10-16(5-6-17(13)20)11-14(2)24-8-3-4-15-7-9-25-18(12-15)19(21,22)23/h5-7,9-10,12,14,24H,3-4,8,11H2,1-2H3. The van der Waals surface area contributed by atoms with E-state index in [1.54, 1.807) is 19.1 Å². The number of hydrogen-bond acceptors (Lipinski definition) is 2. The molecule has 1 unspecified atom stereocenters. The zero-order valence-electron chi connectivity index (χ0n) is 14.3. The number of aromatic nitrogens is 1. The number of benzene rings is 1. The van der Waals surface area contributed by atoms with Crippen LogP contribution in [0.2, 0.25) is 0 Å². The Morgan fingerprint density at radius 3 is 2.56 bits per heavy atom. The van der Waals surface area contributed by atoms with Crippen molar-refractivity contribution in [1.82, 2.24) is 10.3 Å². The predicted octanol–water partition coefficient (Wildman–Crippen LogP) is 4.70. The monoisotopic (exact) mass is 354 g/mol. The van der Waals surface area contributed by atoms with Crippen LogP contribution < -0.4 is 5.32 Å². The molecule has 0 aliphatic heterocycles. The van der Waals surface area contributed by atoms with Gasteiger partial charge in [0, 0.05) is 12.2 Å². The van der Waals surface area contributed by atoms with Crippen LogP contribution in [0.1, 0.15) is 35.7 Å². The first kappa shape index (κ1) is 19.4. The number of aryl methyl sites for hydroxylation is 2. The molecule has 25 heavy (non-hydrogen) atoms. The van der Waals surface area contributed by atoms with Crippen LogP contribution in [-0.4, -0.2) is 17.6 Å². The summed E-state index contributed by atoms with van der Waals surface area (Å²) in [6.07, 6.45) is -1.15. The molecular formula is C19H22F4N2.